The average molecular weight is 460 g/mol. The maximum absolute atomic E-state index is 12.6. The molecule has 1 heterocycles. The Hall–Kier alpha value is -2.34. The van der Waals surface area contributed by atoms with Crippen LogP contribution < -0.4 is 10.6 Å². The molecule has 32 heavy (non-hydrogen) atoms. The van der Waals surface area contributed by atoms with Gasteiger partial charge in [0.15, 0.2) is 0 Å². The normalized spacial score (nSPS) is 14.9. The Morgan fingerprint density at radius 2 is 1.88 bits per heavy atom. The minimum Gasteiger partial charge on any atom is -0.444 e. The van der Waals surface area contributed by atoms with Crippen molar-refractivity contribution in [2.45, 2.75) is 77.7 Å². The lowest BCUT2D eigenvalue weighted by atomic mass is 9.87. The fraction of sp³-hybridized carbons (Fsp3) is 0.560. The predicted octanol–water partition coefficient (Wildman–Crippen LogP) is 6.25. The van der Waals surface area contributed by atoms with Crippen molar-refractivity contribution in [3.63, 3.8) is 0 Å². The Balaban J connectivity index is 1.58. The summed E-state index contributed by atoms with van der Waals surface area (Å²) >= 11 is 6.41. The second kappa shape index (κ2) is 11.0. The standard InChI is InChI=1S/C25H34ClN3O3/c1-25(2,3)32-24(31)27-15-7-10-18-11-12-19-21(28-18)14-13-20(26)23(19)29-22(30)16-17-8-5-4-6-9-17/h11-14,17H,4-10,15-16H2,1-3H3,(H,27,31)(H,29,30). The fourth-order valence-electron chi connectivity index (χ4n) is 4.10. The van der Waals surface area contributed by atoms with E-state index in [1.165, 1.54) is 19.3 Å². The molecule has 3 rings (SSSR count). The molecule has 0 saturated heterocycles. The van der Waals surface area contributed by atoms with Crippen LogP contribution in [-0.2, 0) is 16.0 Å². The van der Waals surface area contributed by atoms with E-state index in [-0.39, 0.29) is 5.91 Å². The predicted molar refractivity (Wildman–Crippen MR) is 129 cm³/mol. The van der Waals surface area contributed by atoms with Crippen LogP contribution in [0.1, 0.15) is 71.4 Å². The number of hydrogen-bond donors (Lipinski definition) is 2. The number of aromatic nitrogens is 1. The zero-order valence-corrected chi connectivity index (χ0v) is 20.1. The van der Waals surface area contributed by atoms with Gasteiger partial charge < -0.3 is 15.4 Å². The second-order valence-corrected chi connectivity index (χ2v) is 9.99. The molecule has 0 aliphatic heterocycles. The van der Waals surface area contributed by atoms with Gasteiger partial charge in [0.05, 0.1) is 16.2 Å². The summed E-state index contributed by atoms with van der Waals surface area (Å²) in [5.74, 6) is 0.486. The minimum absolute atomic E-state index is 0.0172. The molecule has 7 heteroatoms. The van der Waals surface area contributed by atoms with Crippen LogP contribution in [0.25, 0.3) is 10.9 Å². The van der Waals surface area contributed by atoms with Crippen molar-refractivity contribution in [1.29, 1.82) is 0 Å². The third kappa shape index (κ3) is 7.37. The second-order valence-electron chi connectivity index (χ2n) is 9.58. The Kier molecular flexibility index (Phi) is 8.35. The third-order valence-electron chi connectivity index (χ3n) is 5.62. The van der Waals surface area contributed by atoms with Crippen molar-refractivity contribution in [1.82, 2.24) is 10.3 Å². The van der Waals surface area contributed by atoms with Crippen LogP contribution in [-0.4, -0.2) is 29.1 Å². The zero-order valence-electron chi connectivity index (χ0n) is 19.3. The van der Waals surface area contributed by atoms with Crippen molar-refractivity contribution >= 4 is 40.2 Å². The van der Waals surface area contributed by atoms with E-state index < -0.39 is 11.7 Å². The summed E-state index contributed by atoms with van der Waals surface area (Å²) in [6.07, 6.45) is 7.57. The Morgan fingerprint density at radius 1 is 1.12 bits per heavy atom. The number of fused-ring (bicyclic) bond motifs is 1. The molecule has 1 saturated carbocycles. The van der Waals surface area contributed by atoms with Crippen molar-refractivity contribution < 1.29 is 14.3 Å². The number of carbonyl (C=O) groups excluding carboxylic acids is 2. The molecule has 1 aliphatic rings. The summed E-state index contributed by atoms with van der Waals surface area (Å²) in [7, 11) is 0. The number of nitrogens with zero attached hydrogens (tertiary/aromatic N) is 1. The van der Waals surface area contributed by atoms with Gasteiger partial charge in [0.2, 0.25) is 5.91 Å². The van der Waals surface area contributed by atoms with E-state index in [1.54, 1.807) is 6.07 Å². The van der Waals surface area contributed by atoms with Crippen LogP contribution in [0.5, 0.6) is 0 Å². The quantitative estimate of drug-likeness (QED) is 0.479. The van der Waals surface area contributed by atoms with E-state index in [4.69, 9.17) is 21.3 Å². The van der Waals surface area contributed by atoms with E-state index in [9.17, 15) is 9.59 Å². The molecule has 1 aliphatic carbocycles. The summed E-state index contributed by atoms with van der Waals surface area (Å²) in [4.78, 5) is 29.1. The summed E-state index contributed by atoms with van der Waals surface area (Å²) in [5, 5.41) is 7.15. The monoisotopic (exact) mass is 459 g/mol. The minimum atomic E-state index is -0.505. The van der Waals surface area contributed by atoms with E-state index in [2.05, 4.69) is 10.6 Å². The van der Waals surface area contributed by atoms with Gasteiger partial charge in [-0.1, -0.05) is 30.9 Å². The van der Waals surface area contributed by atoms with Crippen LogP contribution in [0, 0.1) is 5.92 Å². The summed E-state index contributed by atoms with van der Waals surface area (Å²) < 4.78 is 5.24. The van der Waals surface area contributed by atoms with Crippen molar-refractivity contribution in [3.8, 4) is 0 Å². The van der Waals surface area contributed by atoms with Gasteiger partial charge in [-0.3, -0.25) is 9.78 Å². The highest BCUT2D eigenvalue weighted by Gasteiger charge is 2.19. The summed E-state index contributed by atoms with van der Waals surface area (Å²) in [6, 6.07) is 7.56. The zero-order chi connectivity index (χ0) is 23.1. The highest BCUT2D eigenvalue weighted by molar-refractivity contribution is 6.35. The first-order valence-corrected chi connectivity index (χ1v) is 11.9. The van der Waals surface area contributed by atoms with Crippen LogP contribution in [0.3, 0.4) is 0 Å². The maximum Gasteiger partial charge on any atom is 0.407 e. The molecule has 2 N–H and O–H groups in total. The van der Waals surface area contributed by atoms with E-state index in [0.717, 1.165) is 42.3 Å². The number of hydrogen-bond acceptors (Lipinski definition) is 4. The highest BCUT2D eigenvalue weighted by atomic mass is 35.5. The van der Waals surface area contributed by atoms with Gasteiger partial charge in [-0.2, -0.15) is 0 Å². The molecule has 6 nitrogen and oxygen atoms in total. The Bertz CT molecular complexity index is 949. The van der Waals surface area contributed by atoms with Gasteiger partial charge >= 0.3 is 6.09 Å². The number of ether oxygens (including phenoxy) is 1. The van der Waals surface area contributed by atoms with Crippen LogP contribution in [0.15, 0.2) is 24.3 Å². The number of halogens is 1. The molecule has 1 fully saturated rings. The molecule has 0 atom stereocenters. The van der Waals surface area contributed by atoms with Gasteiger partial charge in [-0.25, -0.2) is 4.79 Å². The van der Waals surface area contributed by atoms with Crippen LogP contribution >= 0.6 is 11.6 Å². The van der Waals surface area contributed by atoms with Gasteiger partial charge in [0.25, 0.3) is 0 Å². The number of rotatable bonds is 7. The Labute approximate surface area is 195 Å². The first-order valence-electron chi connectivity index (χ1n) is 11.6. The van der Waals surface area contributed by atoms with E-state index in [0.29, 0.717) is 29.6 Å². The van der Waals surface area contributed by atoms with Crippen molar-refractivity contribution in [2.75, 3.05) is 11.9 Å². The largest absolute Gasteiger partial charge is 0.444 e. The number of benzene rings is 1. The highest BCUT2D eigenvalue weighted by Crippen LogP contribution is 2.32. The molecule has 174 valence electrons. The van der Waals surface area contributed by atoms with Gasteiger partial charge in [-0.15, -0.1) is 0 Å². The van der Waals surface area contributed by atoms with Gasteiger partial charge in [0.1, 0.15) is 5.60 Å². The Morgan fingerprint density at radius 3 is 2.59 bits per heavy atom. The molecule has 0 bridgehead atoms. The van der Waals surface area contributed by atoms with E-state index in [1.807, 2.05) is 39.0 Å². The summed E-state index contributed by atoms with van der Waals surface area (Å²) in [6.45, 7) is 6.03. The lowest BCUT2D eigenvalue weighted by Gasteiger charge is -2.21. The smallest absolute Gasteiger partial charge is 0.407 e. The van der Waals surface area contributed by atoms with Crippen molar-refractivity contribution in [3.05, 3.63) is 35.0 Å². The maximum atomic E-state index is 12.6. The van der Waals surface area contributed by atoms with Crippen LogP contribution in [0.4, 0.5) is 10.5 Å². The SMILES string of the molecule is CC(C)(C)OC(=O)NCCCc1ccc2c(NC(=O)CC3CCCCC3)c(Cl)ccc2n1. The van der Waals surface area contributed by atoms with E-state index >= 15 is 0 Å². The molecular weight excluding hydrogens is 426 g/mol. The third-order valence-corrected chi connectivity index (χ3v) is 5.93. The lowest BCUT2D eigenvalue weighted by molar-refractivity contribution is -0.117. The molecule has 1 aromatic heterocycles. The number of carbonyl (C=O) groups is 2. The number of aryl methyl sites for hydroxylation is 1. The van der Waals surface area contributed by atoms with Gasteiger partial charge in [-0.05, 0) is 76.6 Å². The summed E-state index contributed by atoms with van der Waals surface area (Å²) in [5.41, 5.74) is 1.84. The number of pyridine rings is 1. The molecule has 2 aromatic rings. The van der Waals surface area contributed by atoms with Crippen LogP contribution in [0.2, 0.25) is 5.02 Å². The first-order chi connectivity index (χ1) is 15.2. The first kappa shape index (κ1) is 24.3. The fourth-order valence-corrected chi connectivity index (χ4v) is 4.32. The number of anilines is 1. The topological polar surface area (TPSA) is 80.3 Å². The number of alkyl carbamates (subject to hydrolysis) is 1. The van der Waals surface area contributed by atoms with Gasteiger partial charge in [0, 0.05) is 24.0 Å². The molecular formula is C25H34ClN3O3. The molecule has 1 aromatic carbocycles. The molecule has 0 radical (unpaired) electrons. The molecule has 0 unspecified atom stereocenters. The number of amides is 2. The number of nitrogens with one attached hydrogen (secondary N) is 2. The molecule has 2 amide bonds. The average Bonchev–Trinajstić information content (AvgIpc) is 2.73. The lowest BCUT2D eigenvalue weighted by Crippen LogP contribution is -2.33. The van der Waals surface area contributed by atoms with Crippen molar-refractivity contribution in [2.24, 2.45) is 5.92 Å². The molecule has 0 spiro atoms.